The molecule has 0 unspecified atom stereocenters. The average Bonchev–Trinajstić information content (AvgIpc) is 3.29. The van der Waals surface area contributed by atoms with Crippen molar-refractivity contribution < 1.29 is 22.7 Å². The summed E-state index contributed by atoms with van der Waals surface area (Å²) in [6.07, 6.45) is -0.498. The van der Waals surface area contributed by atoms with Crippen LogP contribution >= 0.6 is 11.6 Å². The number of halogens is 1. The zero-order valence-electron chi connectivity index (χ0n) is 18.6. The monoisotopic (exact) mass is 498 g/mol. The van der Waals surface area contributed by atoms with Gasteiger partial charge in [-0.3, -0.25) is 9.10 Å². The van der Waals surface area contributed by atoms with E-state index in [0.29, 0.717) is 17.8 Å². The van der Waals surface area contributed by atoms with Crippen LogP contribution in [0.15, 0.2) is 77.7 Å². The van der Waals surface area contributed by atoms with E-state index in [1.807, 2.05) is 18.2 Å². The van der Waals surface area contributed by atoms with Crippen LogP contribution in [0, 0.1) is 0 Å². The highest BCUT2D eigenvalue weighted by Gasteiger charge is 2.33. The Morgan fingerprint density at radius 2 is 1.71 bits per heavy atom. The fourth-order valence-corrected chi connectivity index (χ4v) is 5.84. The van der Waals surface area contributed by atoms with Gasteiger partial charge in [0.25, 0.3) is 15.9 Å². The van der Waals surface area contributed by atoms with E-state index in [1.165, 1.54) is 34.3 Å². The summed E-state index contributed by atoms with van der Waals surface area (Å²) in [5, 5.41) is -0.00568. The molecule has 0 fully saturated rings. The largest absolute Gasteiger partial charge is 0.449 e. The number of likely N-dealkylation sites (N-methyl/N-ethyl adjacent to an activating group) is 1. The van der Waals surface area contributed by atoms with Gasteiger partial charge in [-0.1, -0.05) is 48.0 Å². The molecule has 1 atom stereocenters. The van der Waals surface area contributed by atoms with Gasteiger partial charge in [0.05, 0.1) is 16.3 Å². The highest BCUT2D eigenvalue weighted by Crippen LogP contribution is 2.35. The van der Waals surface area contributed by atoms with E-state index in [0.717, 1.165) is 5.56 Å². The fourth-order valence-electron chi connectivity index (χ4n) is 3.83. The second-order valence-corrected chi connectivity index (χ2v) is 10.1. The summed E-state index contributed by atoms with van der Waals surface area (Å²) in [5.41, 5.74) is 2.15. The molecule has 7 nitrogen and oxygen atoms in total. The number of rotatable bonds is 6. The molecule has 4 rings (SSSR count). The van der Waals surface area contributed by atoms with Crippen LogP contribution in [-0.4, -0.2) is 40.0 Å². The predicted octanol–water partition coefficient (Wildman–Crippen LogP) is 4.30. The number of carbonyl (C=O) groups excluding carboxylic acids is 2. The lowest BCUT2D eigenvalue weighted by Crippen LogP contribution is -2.37. The third kappa shape index (κ3) is 4.51. The minimum Gasteiger partial charge on any atom is -0.449 e. The molecule has 0 radical (unpaired) electrons. The smallest absolute Gasteiger partial charge is 0.338 e. The lowest BCUT2D eigenvalue weighted by Gasteiger charge is -2.22. The molecular weight excluding hydrogens is 476 g/mol. The predicted molar refractivity (Wildman–Crippen MR) is 131 cm³/mol. The van der Waals surface area contributed by atoms with Crippen LogP contribution in [0.5, 0.6) is 0 Å². The molecule has 3 aromatic rings. The number of anilines is 2. The van der Waals surface area contributed by atoms with Crippen molar-refractivity contribution in [1.29, 1.82) is 0 Å². The summed E-state index contributed by atoms with van der Waals surface area (Å²) in [4.78, 5) is 26.7. The lowest BCUT2D eigenvalue weighted by atomic mass is 10.2. The van der Waals surface area contributed by atoms with E-state index >= 15 is 0 Å². The number of sulfonamides is 1. The molecule has 0 saturated carbocycles. The number of benzene rings is 3. The van der Waals surface area contributed by atoms with Gasteiger partial charge in [-0.05, 0) is 55.3 Å². The van der Waals surface area contributed by atoms with Gasteiger partial charge in [-0.15, -0.1) is 0 Å². The summed E-state index contributed by atoms with van der Waals surface area (Å²) in [6.45, 7) is 1.75. The molecule has 9 heteroatoms. The maximum absolute atomic E-state index is 13.4. The Hall–Kier alpha value is -3.36. The Balaban J connectivity index is 1.55. The molecule has 1 heterocycles. The van der Waals surface area contributed by atoms with Crippen LogP contribution in [0.4, 0.5) is 11.4 Å². The van der Waals surface area contributed by atoms with Crippen molar-refractivity contribution in [3.05, 3.63) is 88.9 Å². The molecule has 176 valence electrons. The van der Waals surface area contributed by atoms with Crippen molar-refractivity contribution in [2.45, 2.75) is 24.3 Å². The van der Waals surface area contributed by atoms with Gasteiger partial charge in [0.2, 0.25) is 0 Å². The number of nitrogens with zero attached hydrogens (tertiary/aromatic N) is 2. The molecule has 34 heavy (non-hydrogen) atoms. The Labute approximate surface area is 203 Å². The van der Waals surface area contributed by atoms with Crippen LogP contribution in [0.1, 0.15) is 22.8 Å². The first-order chi connectivity index (χ1) is 16.2. The van der Waals surface area contributed by atoms with Gasteiger partial charge in [0.1, 0.15) is 4.90 Å². The third-order valence-corrected chi connectivity index (χ3v) is 7.98. The van der Waals surface area contributed by atoms with Crippen LogP contribution in [-0.2, 0) is 26.0 Å². The van der Waals surface area contributed by atoms with Gasteiger partial charge in [-0.2, -0.15) is 0 Å². The Morgan fingerprint density at radius 3 is 2.44 bits per heavy atom. The molecule has 1 amide bonds. The first kappa shape index (κ1) is 23.8. The molecule has 0 N–H and O–H groups in total. The number of carbonyl (C=O) groups is 2. The Morgan fingerprint density at radius 1 is 1.03 bits per heavy atom. The minimum atomic E-state index is -4.01. The molecule has 0 bridgehead atoms. The van der Waals surface area contributed by atoms with Crippen molar-refractivity contribution in [3.63, 3.8) is 0 Å². The molecular formula is C25H23ClN2O5S. The van der Waals surface area contributed by atoms with E-state index in [-0.39, 0.29) is 22.0 Å². The number of para-hydroxylation sites is 2. The van der Waals surface area contributed by atoms with Crippen LogP contribution in [0.25, 0.3) is 0 Å². The van der Waals surface area contributed by atoms with Gasteiger partial charge in [0.15, 0.2) is 6.10 Å². The van der Waals surface area contributed by atoms with Crippen molar-refractivity contribution in [2.24, 2.45) is 0 Å². The highest BCUT2D eigenvalue weighted by molar-refractivity contribution is 7.93. The third-order valence-electron chi connectivity index (χ3n) is 5.69. The maximum Gasteiger partial charge on any atom is 0.338 e. The van der Waals surface area contributed by atoms with Crippen molar-refractivity contribution >= 4 is 44.9 Å². The maximum atomic E-state index is 13.4. The number of ether oxygens (including phenoxy) is 1. The lowest BCUT2D eigenvalue weighted by molar-refractivity contribution is -0.126. The van der Waals surface area contributed by atoms with Crippen molar-refractivity contribution in [3.8, 4) is 0 Å². The molecule has 3 aromatic carbocycles. The van der Waals surface area contributed by atoms with E-state index in [9.17, 15) is 18.0 Å². The van der Waals surface area contributed by atoms with Crippen LogP contribution in [0.2, 0.25) is 5.02 Å². The first-order valence-corrected chi connectivity index (χ1v) is 12.5. The highest BCUT2D eigenvalue weighted by atomic mass is 35.5. The first-order valence-electron chi connectivity index (χ1n) is 10.6. The summed E-state index contributed by atoms with van der Waals surface area (Å²) < 4.78 is 33.4. The van der Waals surface area contributed by atoms with Crippen LogP contribution in [0.3, 0.4) is 0 Å². The Bertz CT molecular complexity index is 1340. The summed E-state index contributed by atoms with van der Waals surface area (Å²) in [7, 11) is -2.43. The SMILES string of the molecule is C[C@H](OC(=O)c1ccc(Cl)c(S(=O)(=O)N2CCc3ccccc32)c1)C(=O)N(C)c1ccccc1. The minimum absolute atomic E-state index is 0.00568. The second kappa shape index (κ2) is 9.48. The quantitative estimate of drug-likeness (QED) is 0.473. The van der Waals surface area contributed by atoms with Gasteiger partial charge in [-0.25, -0.2) is 13.2 Å². The average molecular weight is 499 g/mol. The van der Waals surface area contributed by atoms with Crippen molar-refractivity contribution in [1.82, 2.24) is 0 Å². The molecule has 0 spiro atoms. The van der Waals surface area contributed by atoms with Gasteiger partial charge < -0.3 is 9.64 Å². The Kier molecular flexibility index (Phi) is 6.63. The zero-order chi connectivity index (χ0) is 24.5. The number of hydrogen-bond donors (Lipinski definition) is 0. The molecule has 0 aliphatic carbocycles. The van der Waals surface area contributed by atoms with Gasteiger partial charge in [0, 0.05) is 19.3 Å². The van der Waals surface area contributed by atoms with Crippen molar-refractivity contribution in [2.75, 3.05) is 22.8 Å². The van der Waals surface area contributed by atoms with Gasteiger partial charge >= 0.3 is 5.97 Å². The van der Waals surface area contributed by atoms with E-state index in [1.54, 1.807) is 43.4 Å². The molecule has 0 aromatic heterocycles. The standard InChI is InChI=1S/C25H23ClN2O5S/c1-17(24(29)27(2)20-9-4-3-5-10-20)33-25(30)19-12-13-21(26)23(16-19)34(31,32)28-15-14-18-8-6-7-11-22(18)28/h3-13,16-17H,14-15H2,1-2H3/t17-/m0/s1. The summed E-state index contributed by atoms with van der Waals surface area (Å²) >= 11 is 6.24. The number of fused-ring (bicyclic) bond motifs is 1. The normalized spacial score (nSPS) is 13.8. The number of amides is 1. The molecule has 0 saturated heterocycles. The van der Waals surface area contributed by atoms with E-state index in [4.69, 9.17) is 16.3 Å². The summed E-state index contributed by atoms with van der Waals surface area (Å²) in [6, 6.07) is 20.1. The summed E-state index contributed by atoms with van der Waals surface area (Å²) in [5.74, 6) is -1.24. The fraction of sp³-hybridized carbons (Fsp3) is 0.200. The number of esters is 1. The van der Waals surface area contributed by atoms with E-state index < -0.39 is 28.0 Å². The molecule has 1 aliphatic rings. The van der Waals surface area contributed by atoms with Crippen LogP contribution < -0.4 is 9.21 Å². The zero-order valence-corrected chi connectivity index (χ0v) is 20.2. The number of hydrogen-bond acceptors (Lipinski definition) is 5. The molecule has 1 aliphatic heterocycles. The van der Waals surface area contributed by atoms with E-state index in [2.05, 4.69) is 0 Å². The second-order valence-electron chi connectivity index (χ2n) is 7.88. The topological polar surface area (TPSA) is 84.0 Å².